The first-order valence-electron chi connectivity index (χ1n) is 8.91. The minimum absolute atomic E-state index is 0.0918. The lowest BCUT2D eigenvalue weighted by Gasteiger charge is -2.11. The fourth-order valence-electron chi connectivity index (χ4n) is 2.62. The van der Waals surface area contributed by atoms with E-state index in [1.807, 2.05) is 5.32 Å². The highest BCUT2D eigenvalue weighted by atomic mass is 19.1. The first-order chi connectivity index (χ1) is 14.4. The van der Waals surface area contributed by atoms with Gasteiger partial charge in [0.15, 0.2) is 6.61 Å². The Hall–Kier alpha value is -3.75. The van der Waals surface area contributed by atoms with Gasteiger partial charge in [-0.2, -0.15) is 0 Å². The highest BCUT2D eigenvalue weighted by Gasteiger charge is 2.18. The van der Waals surface area contributed by atoms with E-state index in [-0.39, 0.29) is 17.9 Å². The van der Waals surface area contributed by atoms with Gasteiger partial charge in [0.2, 0.25) is 0 Å². The minimum Gasteiger partial charge on any atom is -0.488 e. The molecule has 0 saturated carbocycles. The molecule has 3 rings (SSSR count). The second-order valence-corrected chi connectivity index (χ2v) is 6.31. The monoisotopic (exact) mass is 416 g/mol. The molecule has 0 atom stereocenters. The smallest absolute Gasteiger partial charge is 0.342 e. The average Bonchev–Trinajstić information content (AvgIpc) is 3.05. The zero-order valence-corrected chi connectivity index (χ0v) is 16.2. The second kappa shape index (κ2) is 9.17. The molecule has 0 spiro atoms. The second-order valence-electron chi connectivity index (χ2n) is 6.31. The van der Waals surface area contributed by atoms with Crippen LogP contribution in [0.2, 0.25) is 0 Å². The number of ether oxygens (including phenoxy) is 2. The summed E-state index contributed by atoms with van der Waals surface area (Å²) in [7, 11) is 0. The third kappa shape index (κ3) is 4.80. The van der Waals surface area contributed by atoms with E-state index >= 15 is 0 Å². The Morgan fingerprint density at radius 3 is 2.43 bits per heavy atom. The number of nitrogens with zero attached hydrogens (tertiary/aromatic N) is 1. The lowest BCUT2D eigenvalue weighted by atomic mass is 10.2. The fraction of sp³-hybridized carbons (Fsp3) is 0.190. The predicted molar refractivity (Wildman–Crippen MR) is 102 cm³/mol. The molecule has 30 heavy (non-hydrogen) atoms. The summed E-state index contributed by atoms with van der Waals surface area (Å²) in [4.78, 5) is 24.3. The highest BCUT2D eigenvalue weighted by Crippen LogP contribution is 2.22. The molecule has 0 fully saturated rings. The molecule has 3 aromatic rings. The Morgan fingerprint density at radius 1 is 1.07 bits per heavy atom. The summed E-state index contributed by atoms with van der Waals surface area (Å²) < 4.78 is 42.9. The molecular weight excluding hydrogens is 398 g/mol. The van der Waals surface area contributed by atoms with Crippen molar-refractivity contribution in [3.05, 3.63) is 76.7 Å². The zero-order valence-electron chi connectivity index (χ0n) is 16.2. The molecule has 0 radical (unpaired) electrons. The van der Waals surface area contributed by atoms with Gasteiger partial charge in [0, 0.05) is 0 Å². The number of rotatable bonds is 7. The summed E-state index contributed by atoms with van der Waals surface area (Å²) >= 11 is 0. The third-order valence-corrected chi connectivity index (χ3v) is 4.22. The number of halogens is 2. The van der Waals surface area contributed by atoms with Gasteiger partial charge in [-0.15, -0.1) is 0 Å². The predicted octanol–water partition coefficient (Wildman–Crippen LogP) is 3.94. The standard InChI is InChI=1S/C21H18F2N2O5/c1-12-15(13(2)30-25-12)10-28-18-9-4-3-6-14(18)21(27)29-11-19(26)24-20-16(22)7-5-8-17(20)23/h3-9H,10-11H2,1-2H3,(H,24,26). The SMILES string of the molecule is Cc1noc(C)c1COc1ccccc1C(=O)OCC(=O)Nc1c(F)cccc1F. The molecule has 7 nitrogen and oxygen atoms in total. The van der Waals surface area contributed by atoms with Crippen LogP contribution < -0.4 is 10.1 Å². The number of nitrogens with one attached hydrogen (secondary N) is 1. The highest BCUT2D eigenvalue weighted by molar-refractivity contribution is 5.96. The van der Waals surface area contributed by atoms with Crippen molar-refractivity contribution in [2.75, 3.05) is 11.9 Å². The number of hydrogen-bond acceptors (Lipinski definition) is 6. The topological polar surface area (TPSA) is 90.7 Å². The average molecular weight is 416 g/mol. The van der Waals surface area contributed by atoms with Crippen molar-refractivity contribution in [2.24, 2.45) is 0 Å². The molecule has 9 heteroatoms. The molecule has 1 heterocycles. The molecule has 0 aliphatic rings. The van der Waals surface area contributed by atoms with E-state index < -0.39 is 35.8 Å². The molecule has 1 amide bonds. The lowest BCUT2D eigenvalue weighted by molar-refractivity contribution is -0.119. The summed E-state index contributed by atoms with van der Waals surface area (Å²) in [6.45, 7) is 2.91. The van der Waals surface area contributed by atoms with Crippen molar-refractivity contribution >= 4 is 17.6 Å². The van der Waals surface area contributed by atoms with E-state index in [0.717, 1.165) is 17.7 Å². The number of aromatic nitrogens is 1. The summed E-state index contributed by atoms with van der Waals surface area (Å²) in [6, 6.07) is 9.48. The van der Waals surface area contributed by atoms with E-state index in [2.05, 4.69) is 5.16 Å². The number of anilines is 1. The first-order valence-corrected chi connectivity index (χ1v) is 8.91. The van der Waals surface area contributed by atoms with E-state index in [4.69, 9.17) is 14.0 Å². The number of benzene rings is 2. The quantitative estimate of drug-likeness (QED) is 0.587. The number of carbonyl (C=O) groups is 2. The van der Waals surface area contributed by atoms with Crippen LogP contribution in [0.1, 0.15) is 27.4 Å². The van der Waals surface area contributed by atoms with Gasteiger partial charge in [-0.3, -0.25) is 4.79 Å². The summed E-state index contributed by atoms with van der Waals surface area (Å²) in [5, 5.41) is 5.88. The Balaban J connectivity index is 1.62. The molecule has 0 unspecified atom stereocenters. The minimum atomic E-state index is -0.937. The summed E-state index contributed by atoms with van der Waals surface area (Å²) in [5.74, 6) is -2.75. The van der Waals surface area contributed by atoms with Crippen LogP contribution in [0.5, 0.6) is 5.75 Å². The van der Waals surface area contributed by atoms with Gasteiger partial charge in [0.1, 0.15) is 41.0 Å². The van der Waals surface area contributed by atoms with Crippen LogP contribution in [-0.4, -0.2) is 23.6 Å². The maximum atomic E-state index is 13.6. The third-order valence-electron chi connectivity index (χ3n) is 4.22. The van der Waals surface area contributed by atoms with Gasteiger partial charge < -0.3 is 19.3 Å². The zero-order chi connectivity index (χ0) is 21.7. The van der Waals surface area contributed by atoms with E-state index in [0.29, 0.717) is 11.5 Å². The Bertz CT molecular complexity index is 1040. The number of esters is 1. The molecule has 0 bridgehead atoms. The molecule has 0 aliphatic carbocycles. The van der Waals surface area contributed by atoms with Crippen molar-refractivity contribution in [2.45, 2.75) is 20.5 Å². The normalized spacial score (nSPS) is 10.5. The van der Waals surface area contributed by atoms with Crippen LogP contribution in [-0.2, 0) is 16.1 Å². The van der Waals surface area contributed by atoms with Gasteiger partial charge >= 0.3 is 5.97 Å². The molecule has 1 aromatic heterocycles. The van der Waals surface area contributed by atoms with Crippen LogP contribution in [0.15, 0.2) is 47.0 Å². The summed E-state index contributed by atoms with van der Waals surface area (Å²) in [5.41, 5.74) is 0.907. The molecule has 0 aliphatic heterocycles. The van der Waals surface area contributed by atoms with E-state index in [1.165, 1.54) is 12.1 Å². The first kappa shape index (κ1) is 21.0. The molecular formula is C21H18F2N2O5. The number of amides is 1. The summed E-state index contributed by atoms with van der Waals surface area (Å²) in [6.07, 6.45) is 0. The van der Waals surface area contributed by atoms with Crippen molar-refractivity contribution < 1.29 is 32.4 Å². The van der Waals surface area contributed by atoms with E-state index in [1.54, 1.807) is 32.0 Å². The van der Waals surface area contributed by atoms with Gasteiger partial charge in [-0.25, -0.2) is 13.6 Å². The fourth-order valence-corrected chi connectivity index (χ4v) is 2.62. The maximum Gasteiger partial charge on any atom is 0.342 e. The van der Waals surface area contributed by atoms with Crippen LogP contribution in [0.25, 0.3) is 0 Å². The Kier molecular flexibility index (Phi) is 6.41. The maximum absolute atomic E-state index is 13.6. The van der Waals surface area contributed by atoms with Gasteiger partial charge in [-0.05, 0) is 38.1 Å². The Labute approximate surface area is 170 Å². The van der Waals surface area contributed by atoms with Crippen molar-refractivity contribution in [3.8, 4) is 5.75 Å². The van der Waals surface area contributed by atoms with Crippen LogP contribution in [0, 0.1) is 25.5 Å². The van der Waals surface area contributed by atoms with Gasteiger partial charge in [-0.1, -0.05) is 23.4 Å². The number of carbonyl (C=O) groups excluding carboxylic acids is 2. The molecule has 0 saturated heterocycles. The van der Waals surface area contributed by atoms with Gasteiger partial charge in [0.05, 0.1) is 11.3 Å². The lowest BCUT2D eigenvalue weighted by Crippen LogP contribution is -2.22. The molecule has 2 aromatic carbocycles. The number of para-hydroxylation sites is 2. The number of hydrogen-bond donors (Lipinski definition) is 1. The van der Waals surface area contributed by atoms with Crippen LogP contribution in [0.3, 0.4) is 0 Å². The Morgan fingerprint density at radius 2 is 1.77 bits per heavy atom. The van der Waals surface area contributed by atoms with Crippen molar-refractivity contribution in [3.63, 3.8) is 0 Å². The van der Waals surface area contributed by atoms with Gasteiger partial charge in [0.25, 0.3) is 5.91 Å². The van der Waals surface area contributed by atoms with Crippen LogP contribution in [0.4, 0.5) is 14.5 Å². The van der Waals surface area contributed by atoms with E-state index in [9.17, 15) is 18.4 Å². The molecule has 156 valence electrons. The van der Waals surface area contributed by atoms with Crippen LogP contribution >= 0.6 is 0 Å². The molecule has 1 N–H and O–H groups in total. The largest absolute Gasteiger partial charge is 0.488 e. The van der Waals surface area contributed by atoms with Crippen molar-refractivity contribution in [1.82, 2.24) is 5.16 Å². The number of aryl methyl sites for hydroxylation is 2. The van der Waals surface area contributed by atoms with Crippen molar-refractivity contribution in [1.29, 1.82) is 0 Å².